The lowest BCUT2D eigenvalue weighted by molar-refractivity contribution is 0.628. The molecule has 2 aromatic heterocycles. The minimum absolute atomic E-state index is 0.368. The SMILES string of the molecule is CCCNc1nc(-c2cc(F)ccc2Cl)c2cn[nH]c2n1. The zero-order valence-electron chi connectivity index (χ0n) is 11.3. The summed E-state index contributed by atoms with van der Waals surface area (Å²) in [4.78, 5) is 8.78. The second-order valence-electron chi connectivity index (χ2n) is 4.58. The van der Waals surface area contributed by atoms with Crippen LogP contribution in [0.2, 0.25) is 5.02 Å². The van der Waals surface area contributed by atoms with Gasteiger partial charge in [-0.25, -0.2) is 9.37 Å². The number of nitrogens with one attached hydrogen (secondary N) is 2. The fourth-order valence-corrected chi connectivity index (χ4v) is 2.24. The Hall–Kier alpha value is -2.21. The van der Waals surface area contributed by atoms with Crippen molar-refractivity contribution in [2.24, 2.45) is 0 Å². The van der Waals surface area contributed by atoms with Crippen molar-refractivity contribution >= 4 is 28.6 Å². The molecule has 1 aromatic carbocycles. The predicted molar refractivity (Wildman–Crippen MR) is 80.9 cm³/mol. The van der Waals surface area contributed by atoms with Gasteiger partial charge in [0.15, 0.2) is 5.65 Å². The lowest BCUT2D eigenvalue weighted by atomic mass is 10.1. The van der Waals surface area contributed by atoms with Gasteiger partial charge in [-0.2, -0.15) is 10.1 Å². The van der Waals surface area contributed by atoms with E-state index in [4.69, 9.17) is 11.6 Å². The summed E-state index contributed by atoms with van der Waals surface area (Å²) >= 11 is 6.18. The van der Waals surface area contributed by atoms with E-state index in [-0.39, 0.29) is 5.82 Å². The molecule has 0 radical (unpaired) electrons. The maximum absolute atomic E-state index is 13.5. The average molecular weight is 306 g/mol. The van der Waals surface area contributed by atoms with Crippen molar-refractivity contribution in [3.63, 3.8) is 0 Å². The Labute approximate surface area is 125 Å². The van der Waals surface area contributed by atoms with Gasteiger partial charge in [0.2, 0.25) is 5.95 Å². The Kier molecular flexibility index (Phi) is 3.70. The highest BCUT2D eigenvalue weighted by molar-refractivity contribution is 6.33. The van der Waals surface area contributed by atoms with Gasteiger partial charge in [0.1, 0.15) is 5.82 Å². The second kappa shape index (κ2) is 5.65. The summed E-state index contributed by atoms with van der Waals surface area (Å²) < 4.78 is 13.5. The topological polar surface area (TPSA) is 66.5 Å². The highest BCUT2D eigenvalue weighted by Crippen LogP contribution is 2.32. The van der Waals surface area contributed by atoms with Crippen molar-refractivity contribution in [3.05, 3.63) is 35.2 Å². The minimum atomic E-state index is -0.368. The van der Waals surface area contributed by atoms with E-state index in [0.717, 1.165) is 13.0 Å². The first-order chi connectivity index (χ1) is 10.2. The summed E-state index contributed by atoms with van der Waals surface area (Å²) in [5, 5.41) is 11.0. The molecule has 21 heavy (non-hydrogen) atoms. The molecule has 0 fully saturated rings. The van der Waals surface area contributed by atoms with E-state index in [2.05, 4.69) is 25.5 Å². The smallest absolute Gasteiger partial charge is 0.225 e. The molecule has 3 rings (SSSR count). The standard InChI is InChI=1S/C14H13ClFN5/c1-2-5-17-14-19-12(10-7-18-21-13(10)20-14)9-6-8(16)3-4-11(9)15/h3-4,6-7H,2,5H2,1H3,(H2,17,18,19,20,21). The summed E-state index contributed by atoms with van der Waals surface area (Å²) in [5.41, 5.74) is 1.65. The van der Waals surface area contributed by atoms with Crippen LogP contribution in [0.25, 0.3) is 22.3 Å². The van der Waals surface area contributed by atoms with Gasteiger partial charge in [0.05, 0.1) is 22.3 Å². The summed E-state index contributed by atoms with van der Waals surface area (Å²) in [5.74, 6) is 0.0941. The zero-order valence-corrected chi connectivity index (χ0v) is 12.1. The summed E-state index contributed by atoms with van der Waals surface area (Å²) in [6, 6.07) is 4.19. The molecule has 108 valence electrons. The Morgan fingerprint density at radius 2 is 2.19 bits per heavy atom. The van der Waals surface area contributed by atoms with Crippen LogP contribution < -0.4 is 5.32 Å². The molecule has 0 atom stereocenters. The van der Waals surface area contributed by atoms with Crippen molar-refractivity contribution in [1.82, 2.24) is 20.2 Å². The van der Waals surface area contributed by atoms with Crippen LogP contribution in [0.5, 0.6) is 0 Å². The van der Waals surface area contributed by atoms with Crippen molar-refractivity contribution in [2.75, 3.05) is 11.9 Å². The van der Waals surface area contributed by atoms with Crippen LogP contribution in [-0.2, 0) is 0 Å². The minimum Gasteiger partial charge on any atom is -0.354 e. The maximum atomic E-state index is 13.5. The molecule has 5 nitrogen and oxygen atoms in total. The van der Waals surface area contributed by atoms with Gasteiger partial charge >= 0.3 is 0 Å². The summed E-state index contributed by atoms with van der Waals surface area (Å²) in [6.07, 6.45) is 2.55. The van der Waals surface area contributed by atoms with Gasteiger partial charge in [-0.3, -0.25) is 5.10 Å². The number of rotatable bonds is 4. The second-order valence-corrected chi connectivity index (χ2v) is 4.99. The monoisotopic (exact) mass is 305 g/mol. The molecular formula is C14H13ClFN5. The van der Waals surface area contributed by atoms with Crippen LogP contribution in [0, 0.1) is 5.82 Å². The van der Waals surface area contributed by atoms with E-state index in [1.165, 1.54) is 18.2 Å². The number of H-pyrrole nitrogens is 1. The molecule has 0 aliphatic rings. The highest BCUT2D eigenvalue weighted by atomic mass is 35.5. The van der Waals surface area contributed by atoms with Gasteiger partial charge in [-0.15, -0.1) is 0 Å². The van der Waals surface area contributed by atoms with Crippen molar-refractivity contribution in [3.8, 4) is 11.3 Å². The van der Waals surface area contributed by atoms with Gasteiger partial charge < -0.3 is 5.32 Å². The number of aromatic nitrogens is 4. The fraction of sp³-hybridized carbons (Fsp3) is 0.214. The predicted octanol–water partition coefficient (Wildman–Crippen LogP) is 3.63. The fourth-order valence-electron chi connectivity index (χ4n) is 2.04. The first kappa shape index (κ1) is 13.8. The first-order valence-corrected chi connectivity index (χ1v) is 6.97. The Bertz CT molecular complexity index is 786. The lowest BCUT2D eigenvalue weighted by Crippen LogP contribution is -2.05. The number of hydrogen-bond acceptors (Lipinski definition) is 4. The van der Waals surface area contributed by atoms with Crippen LogP contribution in [-0.4, -0.2) is 26.7 Å². The molecule has 0 saturated carbocycles. The Morgan fingerprint density at radius 3 is 3.00 bits per heavy atom. The van der Waals surface area contributed by atoms with Crippen molar-refractivity contribution in [2.45, 2.75) is 13.3 Å². The van der Waals surface area contributed by atoms with Crippen LogP contribution >= 0.6 is 11.6 Å². The number of hydrogen-bond donors (Lipinski definition) is 2. The molecule has 0 bridgehead atoms. The molecule has 2 N–H and O–H groups in total. The van der Waals surface area contributed by atoms with E-state index in [0.29, 0.717) is 33.3 Å². The van der Waals surface area contributed by atoms with E-state index >= 15 is 0 Å². The molecule has 2 heterocycles. The third-order valence-corrected chi connectivity index (χ3v) is 3.36. The number of halogens is 2. The average Bonchev–Trinajstić information content (AvgIpc) is 2.95. The molecule has 3 aromatic rings. The van der Waals surface area contributed by atoms with Crippen LogP contribution in [0.4, 0.5) is 10.3 Å². The third-order valence-electron chi connectivity index (χ3n) is 3.03. The molecule has 0 spiro atoms. The Morgan fingerprint density at radius 1 is 1.33 bits per heavy atom. The van der Waals surface area contributed by atoms with Gasteiger partial charge in [0, 0.05) is 12.1 Å². The van der Waals surface area contributed by atoms with Crippen LogP contribution in [0.15, 0.2) is 24.4 Å². The number of nitrogens with zero attached hydrogens (tertiary/aromatic N) is 3. The first-order valence-electron chi connectivity index (χ1n) is 6.59. The number of fused-ring (bicyclic) bond motifs is 1. The summed E-state index contributed by atoms with van der Waals surface area (Å²) in [7, 11) is 0. The van der Waals surface area contributed by atoms with Crippen LogP contribution in [0.1, 0.15) is 13.3 Å². The molecule has 0 aliphatic carbocycles. The Balaban J connectivity index is 2.19. The van der Waals surface area contributed by atoms with Crippen molar-refractivity contribution in [1.29, 1.82) is 0 Å². The number of benzene rings is 1. The molecule has 0 unspecified atom stereocenters. The van der Waals surface area contributed by atoms with Crippen LogP contribution in [0.3, 0.4) is 0 Å². The van der Waals surface area contributed by atoms with E-state index in [1.54, 1.807) is 6.20 Å². The van der Waals surface area contributed by atoms with E-state index in [9.17, 15) is 4.39 Å². The zero-order chi connectivity index (χ0) is 14.8. The normalized spacial score (nSPS) is 11.0. The molecule has 7 heteroatoms. The molecular weight excluding hydrogens is 293 g/mol. The van der Waals surface area contributed by atoms with Gasteiger partial charge in [-0.1, -0.05) is 18.5 Å². The highest BCUT2D eigenvalue weighted by Gasteiger charge is 2.14. The quantitative estimate of drug-likeness (QED) is 0.772. The maximum Gasteiger partial charge on any atom is 0.225 e. The van der Waals surface area contributed by atoms with Gasteiger partial charge in [-0.05, 0) is 24.6 Å². The van der Waals surface area contributed by atoms with E-state index < -0.39 is 0 Å². The lowest BCUT2D eigenvalue weighted by Gasteiger charge is -2.08. The molecule has 0 saturated heterocycles. The van der Waals surface area contributed by atoms with Gasteiger partial charge in [0.25, 0.3) is 0 Å². The summed E-state index contributed by atoms with van der Waals surface area (Å²) in [6.45, 7) is 2.79. The number of anilines is 1. The molecule has 0 aliphatic heterocycles. The third kappa shape index (κ3) is 2.67. The number of aromatic amines is 1. The largest absolute Gasteiger partial charge is 0.354 e. The van der Waals surface area contributed by atoms with Crippen molar-refractivity contribution < 1.29 is 4.39 Å². The molecule has 0 amide bonds. The van der Waals surface area contributed by atoms with E-state index in [1.807, 2.05) is 6.92 Å².